The predicted molar refractivity (Wildman–Crippen MR) is 70.7 cm³/mol. The summed E-state index contributed by atoms with van der Waals surface area (Å²) in [5, 5.41) is 0. The third kappa shape index (κ3) is 2.41. The molecule has 1 heterocycles. The zero-order valence-corrected chi connectivity index (χ0v) is 10.5. The maximum absolute atomic E-state index is 12.8. The lowest BCUT2D eigenvalue weighted by molar-refractivity contribution is 0.103. The van der Waals surface area contributed by atoms with Crippen LogP contribution in [0.5, 0.6) is 0 Å². The fourth-order valence-corrected chi connectivity index (χ4v) is 2.33. The molecule has 1 saturated carbocycles. The number of hydrogen-bond donors (Lipinski definition) is 0. The highest BCUT2D eigenvalue weighted by Gasteiger charge is 2.20. The van der Waals surface area contributed by atoms with Gasteiger partial charge in [-0.15, -0.1) is 0 Å². The van der Waals surface area contributed by atoms with E-state index in [-0.39, 0.29) is 11.5 Å². The number of aromatic nitrogens is 1. The molecule has 1 aliphatic carbocycles. The summed E-state index contributed by atoms with van der Waals surface area (Å²) < 4.78 is 12.8. The van der Waals surface area contributed by atoms with Crippen molar-refractivity contribution in [2.24, 2.45) is 0 Å². The molecule has 0 unspecified atom stereocenters. The third-order valence-corrected chi connectivity index (χ3v) is 3.69. The average molecular weight is 255 g/mol. The first kappa shape index (κ1) is 12.0. The maximum atomic E-state index is 12.8. The van der Waals surface area contributed by atoms with Gasteiger partial charge in [0, 0.05) is 5.56 Å². The van der Waals surface area contributed by atoms with Crippen molar-refractivity contribution in [2.45, 2.75) is 25.2 Å². The van der Waals surface area contributed by atoms with Gasteiger partial charge in [-0.25, -0.2) is 9.37 Å². The molecule has 3 rings (SSSR count). The van der Waals surface area contributed by atoms with Crippen molar-refractivity contribution in [3.05, 3.63) is 65.2 Å². The van der Waals surface area contributed by atoms with Crippen molar-refractivity contribution in [3.63, 3.8) is 0 Å². The summed E-state index contributed by atoms with van der Waals surface area (Å²) in [5.74, 6) is 0.00914. The standard InChI is InChI=1S/C16H14FNO/c17-14-7-8-15(18-10-14)16(19)13-6-2-5-12(9-13)11-3-1-4-11/h2,5-11H,1,3-4H2. The monoisotopic (exact) mass is 255 g/mol. The Morgan fingerprint density at radius 3 is 2.68 bits per heavy atom. The van der Waals surface area contributed by atoms with E-state index >= 15 is 0 Å². The van der Waals surface area contributed by atoms with E-state index in [9.17, 15) is 9.18 Å². The Balaban J connectivity index is 1.88. The maximum Gasteiger partial charge on any atom is 0.211 e. The van der Waals surface area contributed by atoms with Gasteiger partial charge in [-0.3, -0.25) is 4.79 Å². The van der Waals surface area contributed by atoms with Crippen LogP contribution in [0.15, 0.2) is 42.6 Å². The first-order valence-electron chi connectivity index (χ1n) is 6.50. The molecule has 2 nitrogen and oxygen atoms in total. The lowest BCUT2D eigenvalue weighted by Crippen LogP contribution is -2.10. The highest BCUT2D eigenvalue weighted by molar-refractivity contribution is 6.07. The molecule has 3 heteroatoms. The van der Waals surface area contributed by atoms with Gasteiger partial charge in [-0.05, 0) is 42.5 Å². The van der Waals surface area contributed by atoms with Crippen molar-refractivity contribution in [3.8, 4) is 0 Å². The molecule has 2 aromatic rings. The van der Waals surface area contributed by atoms with E-state index in [0.717, 1.165) is 6.20 Å². The Labute approximate surface area is 111 Å². The van der Waals surface area contributed by atoms with Gasteiger partial charge in [-0.2, -0.15) is 0 Å². The number of pyridine rings is 1. The van der Waals surface area contributed by atoms with Crippen LogP contribution in [-0.4, -0.2) is 10.8 Å². The molecule has 1 aromatic heterocycles. The Morgan fingerprint density at radius 2 is 2.05 bits per heavy atom. The van der Waals surface area contributed by atoms with Crippen molar-refractivity contribution in [1.82, 2.24) is 4.98 Å². The summed E-state index contributed by atoms with van der Waals surface area (Å²) in [6.07, 6.45) is 4.74. The number of carbonyl (C=O) groups excluding carboxylic acids is 1. The molecule has 0 aliphatic heterocycles. The molecule has 96 valence electrons. The zero-order valence-electron chi connectivity index (χ0n) is 10.5. The van der Waals surface area contributed by atoms with Crippen molar-refractivity contribution in [2.75, 3.05) is 0 Å². The Hall–Kier alpha value is -2.03. The summed E-state index contributed by atoms with van der Waals surface area (Å²) >= 11 is 0. The van der Waals surface area contributed by atoms with Crippen LogP contribution >= 0.6 is 0 Å². The fraction of sp³-hybridized carbons (Fsp3) is 0.250. The number of hydrogen-bond acceptors (Lipinski definition) is 2. The van der Waals surface area contributed by atoms with E-state index in [1.165, 1.54) is 37.0 Å². The second kappa shape index (κ2) is 4.92. The van der Waals surface area contributed by atoms with Gasteiger partial charge in [0.05, 0.1) is 6.20 Å². The van der Waals surface area contributed by atoms with Crippen LogP contribution in [0.4, 0.5) is 4.39 Å². The molecular formula is C16H14FNO. The van der Waals surface area contributed by atoms with Gasteiger partial charge >= 0.3 is 0 Å². The van der Waals surface area contributed by atoms with Crippen LogP contribution in [0.25, 0.3) is 0 Å². The van der Waals surface area contributed by atoms with Crippen molar-refractivity contribution < 1.29 is 9.18 Å². The lowest BCUT2D eigenvalue weighted by atomic mass is 9.79. The summed E-state index contributed by atoms with van der Waals surface area (Å²) in [7, 11) is 0. The number of nitrogens with zero attached hydrogens (tertiary/aromatic N) is 1. The third-order valence-electron chi connectivity index (χ3n) is 3.69. The van der Waals surface area contributed by atoms with Gasteiger partial charge in [0.1, 0.15) is 11.5 Å². The molecule has 1 aliphatic rings. The summed E-state index contributed by atoms with van der Waals surface area (Å²) in [6, 6.07) is 10.4. The Bertz CT molecular complexity index is 602. The smallest absolute Gasteiger partial charge is 0.211 e. The van der Waals surface area contributed by atoms with E-state index in [1.807, 2.05) is 12.1 Å². The van der Waals surface area contributed by atoms with Crippen molar-refractivity contribution >= 4 is 5.78 Å². The summed E-state index contributed by atoms with van der Waals surface area (Å²) in [6.45, 7) is 0. The minimum Gasteiger partial charge on any atom is -0.287 e. The Morgan fingerprint density at radius 1 is 1.21 bits per heavy atom. The van der Waals surface area contributed by atoms with Crippen LogP contribution < -0.4 is 0 Å². The number of carbonyl (C=O) groups is 1. The van der Waals surface area contributed by atoms with Gasteiger partial charge < -0.3 is 0 Å². The molecule has 0 bridgehead atoms. The number of benzene rings is 1. The van der Waals surface area contributed by atoms with E-state index in [2.05, 4.69) is 11.1 Å². The molecule has 0 N–H and O–H groups in total. The lowest BCUT2D eigenvalue weighted by Gasteiger charge is -2.26. The van der Waals surface area contributed by atoms with Gasteiger partial charge in [0.2, 0.25) is 5.78 Å². The van der Waals surface area contributed by atoms with Gasteiger partial charge in [0.15, 0.2) is 0 Å². The first-order chi connectivity index (χ1) is 9.24. The summed E-state index contributed by atoms with van der Waals surface area (Å²) in [5.41, 5.74) is 2.13. The van der Waals surface area contributed by atoms with Crippen LogP contribution in [0.2, 0.25) is 0 Å². The van der Waals surface area contributed by atoms with E-state index in [0.29, 0.717) is 11.5 Å². The van der Waals surface area contributed by atoms with Crippen LogP contribution in [0.1, 0.15) is 46.8 Å². The minimum absolute atomic E-state index is 0.152. The van der Waals surface area contributed by atoms with Crippen LogP contribution in [0, 0.1) is 5.82 Å². The van der Waals surface area contributed by atoms with E-state index in [1.54, 1.807) is 6.07 Å². The first-order valence-corrected chi connectivity index (χ1v) is 6.50. The fourth-order valence-electron chi connectivity index (χ4n) is 2.33. The molecule has 0 saturated heterocycles. The molecule has 1 fully saturated rings. The number of rotatable bonds is 3. The normalized spacial score (nSPS) is 15.0. The molecule has 0 atom stereocenters. The molecule has 1 aromatic carbocycles. The average Bonchev–Trinajstić information content (AvgIpc) is 2.37. The predicted octanol–water partition coefficient (Wildman–Crippen LogP) is 3.72. The number of halogens is 1. The molecule has 0 radical (unpaired) electrons. The van der Waals surface area contributed by atoms with Gasteiger partial charge in [-0.1, -0.05) is 24.6 Å². The topological polar surface area (TPSA) is 30.0 Å². The molecular weight excluding hydrogens is 241 g/mol. The quantitative estimate of drug-likeness (QED) is 0.782. The molecule has 0 spiro atoms. The van der Waals surface area contributed by atoms with Gasteiger partial charge in [0.25, 0.3) is 0 Å². The second-order valence-corrected chi connectivity index (χ2v) is 4.94. The number of ketones is 1. The van der Waals surface area contributed by atoms with E-state index < -0.39 is 5.82 Å². The SMILES string of the molecule is O=C(c1cccc(C2CCC2)c1)c1ccc(F)cn1. The van der Waals surface area contributed by atoms with E-state index in [4.69, 9.17) is 0 Å². The summed E-state index contributed by atoms with van der Waals surface area (Å²) in [4.78, 5) is 16.1. The second-order valence-electron chi connectivity index (χ2n) is 4.94. The van der Waals surface area contributed by atoms with Crippen molar-refractivity contribution in [1.29, 1.82) is 0 Å². The van der Waals surface area contributed by atoms with Crippen LogP contribution in [-0.2, 0) is 0 Å². The highest BCUT2D eigenvalue weighted by atomic mass is 19.1. The molecule has 19 heavy (non-hydrogen) atoms. The highest BCUT2D eigenvalue weighted by Crippen LogP contribution is 2.36. The van der Waals surface area contributed by atoms with Crippen LogP contribution in [0.3, 0.4) is 0 Å². The molecule has 0 amide bonds. The Kier molecular flexibility index (Phi) is 3.11. The minimum atomic E-state index is -0.431. The zero-order chi connectivity index (χ0) is 13.2. The largest absolute Gasteiger partial charge is 0.287 e.